The first kappa shape index (κ1) is 23.2. The third-order valence-corrected chi connectivity index (χ3v) is 7.61. The van der Waals surface area contributed by atoms with E-state index in [9.17, 15) is 19.5 Å². The third kappa shape index (κ3) is 4.31. The number of hydrogen-bond acceptors (Lipinski definition) is 4. The van der Waals surface area contributed by atoms with Crippen molar-refractivity contribution in [3.63, 3.8) is 0 Å². The van der Waals surface area contributed by atoms with Gasteiger partial charge in [0, 0.05) is 24.1 Å². The Hall–Kier alpha value is -4.26. The molecule has 7 nitrogen and oxygen atoms in total. The average Bonchev–Trinajstić information content (AvgIpc) is 3.70. The molecule has 7 heteroatoms. The second kappa shape index (κ2) is 9.00. The fraction of sp³-hybridized carbons (Fsp3) is 0.267. The van der Waals surface area contributed by atoms with Gasteiger partial charge in [-0.05, 0) is 73.1 Å². The van der Waals surface area contributed by atoms with E-state index in [1.165, 1.54) is 0 Å². The van der Waals surface area contributed by atoms with Crippen LogP contribution in [0.2, 0.25) is 0 Å². The lowest BCUT2D eigenvalue weighted by atomic mass is 9.65. The number of aromatic nitrogens is 2. The summed E-state index contributed by atoms with van der Waals surface area (Å²) in [5.74, 6) is -1.08. The van der Waals surface area contributed by atoms with Gasteiger partial charge in [-0.2, -0.15) is 0 Å². The molecule has 186 valence electrons. The minimum absolute atomic E-state index is 0.0965. The maximum atomic E-state index is 13.1. The van der Waals surface area contributed by atoms with Crippen LogP contribution in [0.5, 0.6) is 0 Å². The van der Waals surface area contributed by atoms with E-state index >= 15 is 0 Å². The Balaban J connectivity index is 1.40. The van der Waals surface area contributed by atoms with Gasteiger partial charge in [0.15, 0.2) is 0 Å². The number of nitrogens with zero attached hydrogens (tertiary/aromatic N) is 2. The summed E-state index contributed by atoms with van der Waals surface area (Å²) in [6.45, 7) is 0. The molecule has 2 fully saturated rings. The van der Waals surface area contributed by atoms with Crippen LogP contribution >= 0.6 is 0 Å². The monoisotopic (exact) mass is 493 g/mol. The van der Waals surface area contributed by atoms with Crippen LogP contribution in [0.15, 0.2) is 77.9 Å². The van der Waals surface area contributed by atoms with E-state index in [1.807, 2.05) is 42.5 Å². The van der Waals surface area contributed by atoms with Crippen LogP contribution in [0, 0.1) is 5.41 Å². The first-order chi connectivity index (χ1) is 17.9. The second-order valence-electron chi connectivity index (χ2n) is 10.2. The van der Waals surface area contributed by atoms with Gasteiger partial charge in [0.2, 0.25) is 5.43 Å². The Morgan fingerprint density at radius 2 is 1.78 bits per heavy atom. The Kier molecular flexibility index (Phi) is 5.63. The molecule has 2 aliphatic carbocycles. The van der Waals surface area contributed by atoms with E-state index in [0.717, 1.165) is 41.6 Å². The molecule has 2 N–H and O–H groups in total. The summed E-state index contributed by atoms with van der Waals surface area (Å²) >= 11 is 0. The van der Waals surface area contributed by atoms with Crippen molar-refractivity contribution in [2.24, 2.45) is 5.41 Å². The maximum absolute atomic E-state index is 13.1. The topological polar surface area (TPSA) is 101 Å². The molecule has 2 aromatic heterocycles. The predicted molar refractivity (Wildman–Crippen MR) is 141 cm³/mol. The van der Waals surface area contributed by atoms with E-state index in [-0.39, 0.29) is 22.9 Å². The molecular formula is C30H27N3O4. The number of hydrogen-bond donors (Lipinski definition) is 2. The Labute approximate surface area is 213 Å². The molecule has 0 aliphatic heterocycles. The number of benzene rings is 2. The maximum Gasteiger partial charge on any atom is 0.309 e. The van der Waals surface area contributed by atoms with Crippen molar-refractivity contribution in [1.82, 2.24) is 14.9 Å². The van der Waals surface area contributed by atoms with Crippen LogP contribution in [0.1, 0.15) is 48.0 Å². The number of nitrogens with one attached hydrogen (secondary N) is 1. The van der Waals surface area contributed by atoms with Gasteiger partial charge in [-0.1, -0.05) is 42.8 Å². The average molecular weight is 494 g/mol. The van der Waals surface area contributed by atoms with Crippen molar-refractivity contribution in [2.45, 2.75) is 44.6 Å². The van der Waals surface area contributed by atoms with Crippen molar-refractivity contribution < 1.29 is 14.7 Å². The number of amides is 1. The van der Waals surface area contributed by atoms with Gasteiger partial charge in [0.25, 0.3) is 5.91 Å². The number of aliphatic carboxylic acids is 1. The highest BCUT2D eigenvalue weighted by molar-refractivity contribution is 5.97. The minimum atomic E-state index is -0.717. The zero-order valence-electron chi connectivity index (χ0n) is 20.3. The molecule has 0 radical (unpaired) electrons. The molecule has 4 aromatic rings. The van der Waals surface area contributed by atoms with Crippen LogP contribution in [0.3, 0.4) is 0 Å². The van der Waals surface area contributed by atoms with Crippen LogP contribution in [-0.4, -0.2) is 32.6 Å². The SMILES string of the molecule is O=C(NC1CC1)c1cn(-c2cccc(-c3cccc(CC4(C(=O)O)CCC4)c3)c2)c2ncccc2c1=O. The van der Waals surface area contributed by atoms with Gasteiger partial charge >= 0.3 is 5.97 Å². The fourth-order valence-corrected chi connectivity index (χ4v) is 5.17. The molecule has 0 atom stereocenters. The number of carboxylic acids is 1. The molecule has 1 amide bonds. The van der Waals surface area contributed by atoms with E-state index < -0.39 is 11.4 Å². The normalized spacial score (nSPS) is 16.2. The van der Waals surface area contributed by atoms with Gasteiger partial charge in [0.05, 0.1) is 10.8 Å². The molecular weight excluding hydrogens is 466 g/mol. The Morgan fingerprint density at radius 1 is 1.03 bits per heavy atom. The minimum Gasteiger partial charge on any atom is -0.481 e. The first-order valence-electron chi connectivity index (χ1n) is 12.7. The number of fused-ring (bicyclic) bond motifs is 1. The number of carboxylic acid groups (broad SMARTS) is 1. The quantitative estimate of drug-likeness (QED) is 0.387. The zero-order chi connectivity index (χ0) is 25.6. The molecule has 0 saturated heterocycles. The molecule has 2 saturated carbocycles. The summed E-state index contributed by atoms with van der Waals surface area (Å²) in [5, 5.41) is 13.1. The first-order valence-corrected chi connectivity index (χ1v) is 12.7. The van der Waals surface area contributed by atoms with Crippen molar-refractivity contribution >= 4 is 22.9 Å². The van der Waals surface area contributed by atoms with Gasteiger partial charge in [-0.3, -0.25) is 14.4 Å². The highest BCUT2D eigenvalue weighted by Crippen LogP contribution is 2.44. The van der Waals surface area contributed by atoms with Gasteiger partial charge in [0.1, 0.15) is 11.2 Å². The summed E-state index contributed by atoms with van der Waals surface area (Å²) in [6, 6.07) is 19.4. The molecule has 0 unspecified atom stereocenters. The van der Waals surface area contributed by atoms with E-state index in [0.29, 0.717) is 30.3 Å². The van der Waals surface area contributed by atoms with E-state index in [1.54, 1.807) is 29.1 Å². The molecule has 37 heavy (non-hydrogen) atoms. The van der Waals surface area contributed by atoms with Crippen LogP contribution < -0.4 is 10.7 Å². The molecule has 0 spiro atoms. The molecule has 2 heterocycles. The van der Waals surface area contributed by atoms with Crippen molar-refractivity contribution in [3.05, 3.63) is 94.4 Å². The van der Waals surface area contributed by atoms with Crippen molar-refractivity contribution in [2.75, 3.05) is 0 Å². The molecule has 2 aromatic carbocycles. The summed E-state index contributed by atoms with van der Waals surface area (Å²) in [5.41, 5.74) is 3.29. The molecule has 2 aliphatic rings. The second-order valence-corrected chi connectivity index (χ2v) is 10.2. The lowest BCUT2D eigenvalue weighted by Gasteiger charge is -2.37. The third-order valence-electron chi connectivity index (χ3n) is 7.61. The molecule has 0 bridgehead atoms. The van der Waals surface area contributed by atoms with E-state index in [4.69, 9.17) is 0 Å². The lowest BCUT2D eigenvalue weighted by Crippen LogP contribution is -2.39. The number of carbonyl (C=O) groups excluding carboxylic acids is 1. The smallest absolute Gasteiger partial charge is 0.309 e. The van der Waals surface area contributed by atoms with Crippen LogP contribution in [-0.2, 0) is 11.2 Å². The number of carbonyl (C=O) groups is 2. The van der Waals surface area contributed by atoms with Gasteiger partial charge < -0.3 is 15.0 Å². The standard InChI is InChI=1S/C30H27N3O4/c34-26-24-9-3-14-31-27(24)33(18-25(26)28(35)32-22-10-11-22)23-8-2-7-21(16-23)20-6-1-5-19(15-20)17-30(29(36)37)12-4-13-30/h1-3,5-9,14-16,18,22H,4,10-13,17H2,(H,32,35)(H,36,37). The summed E-state index contributed by atoms with van der Waals surface area (Å²) in [6.07, 6.45) is 7.98. The Morgan fingerprint density at radius 3 is 2.49 bits per heavy atom. The van der Waals surface area contributed by atoms with Crippen molar-refractivity contribution in [3.8, 4) is 16.8 Å². The zero-order valence-corrected chi connectivity index (χ0v) is 20.3. The van der Waals surface area contributed by atoms with E-state index in [2.05, 4.69) is 16.4 Å². The van der Waals surface area contributed by atoms with Gasteiger partial charge in [-0.25, -0.2) is 4.98 Å². The largest absolute Gasteiger partial charge is 0.481 e. The Bertz CT molecular complexity index is 1600. The number of rotatable bonds is 7. The fourth-order valence-electron chi connectivity index (χ4n) is 5.17. The summed E-state index contributed by atoms with van der Waals surface area (Å²) < 4.78 is 1.79. The number of pyridine rings is 2. The summed E-state index contributed by atoms with van der Waals surface area (Å²) in [4.78, 5) is 42.3. The predicted octanol–water partition coefficient (Wildman–Crippen LogP) is 4.74. The van der Waals surface area contributed by atoms with Crippen molar-refractivity contribution in [1.29, 1.82) is 0 Å². The summed E-state index contributed by atoms with van der Waals surface area (Å²) in [7, 11) is 0. The highest BCUT2D eigenvalue weighted by Gasteiger charge is 2.44. The van der Waals surface area contributed by atoms with Crippen LogP contribution in [0.4, 0.5) is 0 Å². The lowest BCUT2D eigenvalue weighted by molar-refractivity contribution is -0.154. The van der Waals surface area contributed by atoms with Gasteiger partial charge in [-0.15, -0.1) is 0 Å². The van der Waals surface area contributed by atoms with Crippen LogP contribution in [0.25, 0.3) is 27.8 Å². The molecule has 6 rings (SSSR count). The highest BCUT2D eigenvalue weighted by atomic mass is 16.4.